The van der Waals surface area contributed by atoms with E-state index in [0.29, 0.717) is 30.3 Å². The van der Waals surface area contributed by atoms with Crippen molar-refractivity contribution in [2.45, 2.75) is 19.4 Å². The van der Waals surface area contributed by atoms with Crippen molar-refractivity contribution in [1.82, 2.24) is 9.88 Å². The van der Waals surface area contributed by atoms with Crippen molar-refractivity contribution < 1.29 is 9.59 Å². The van der Waals surface area contributed by atoms with Gasteiger partial charge in [0.05, 0.1) is 18.5 Å². The molecule has 0 atom stereocenters. The Bertz CT molecular complexity index is 1000. The summed E-state index contributed by atoms with van der Waals surface area (Å²) in [7, 11) is 2.05. The van der Waals surface area contributed by atoms with E-state index >= 15 is 0 Å². The Labute approximate surface area is 177 Å². The van der Waals surface area contributed by atoms with Gasteiger partial charge in [-0.05, 0) is 23.1 Å². The zero-order chi connectivity index (χ0) is 20.2. The molecule has 2 aromatic heterocycles. The normalized spacial score (nSPS) is 13.7. The number of anilines is 2. The SMILES string of the molecule is CN1CCN(C(=O)Cc2csc(NC(=O)Cc3cccs3)n2)Cc2ccccc21. The summed E-state index contributed by atoms with van der Waals surface area (Å²) >= 11 is 2.91. The molecule has 3 aromatic rings. The highest BCUT2D eigenvalue weighted by atomic mass is 32.1. The number of carbonyl (C=O) groups is 2. The number of amides is 2. The van der Waals surface area contributed by atoms with Crippen LogP contribution >= 0.6 is 22.7 Å². The second-order valence-electron chi connectivity index (χ2n) is 6.99. The van der Waals surface area contributed by atoms with Gasteiger partial charge in [-0.2, -0.15) is 0 Å². The van der Waals surface area contributed by atoms with Gasteiger partial charge in [-0.15, -0.1) is 22.7 Å². The number of para-hydroxylation sites is 1. The summed E-state index contributed by atoms with van der Waals surface area (Å²) in [6, 6.07) is 12.1. The third kappa shape index (κ3) is 4.83. The number of nitrogens with zero attached hydrogens (tertiary/aromatic N) is 3. The van der Waals surface area contributed by atoms with E-state index in [4.69, 9.17) is 0 Å². The second kappa shape index (κ2) is 8.75. The molecule has 0 spiro atoms. The van der Waals surface area contributed by atoms with Crippen molar-refractivity contribution in [2.75, 3.05) is 30.4 Å². The molecule has 0 bridgehead atoms. The Hall–Kier alpha value is -2.71. The Morgan fingerprint density at radius 2 is 1.97 bits per heavy atom. The summed E-state index contributed by atoms with van der Waals surface area (Å²) in [6.45, 7) is 2.08. The van der Waals surface area contributed by atoms with Gasteiger partial charge in [-0.25, -0.2) is 4.98 Å². The van der Waals surface area contributed by atoms with Crippen LogP contribution in [0, 0.1) is 0 Å². The lowest BCUT2D eigenvalue weighted by Gasteiger charge is -2.20. The van der Waals surface area contributed by atoms with Crippen molar-refractivity contribution in [3.63, 3.8) is 0 Å². The monoisotopic (exact) mass is 426 g/mol. The first-order valence-electron chi connectivity index (χ1n) is 9.42. The van der Waals surface area contributed by atoms with Gasteiger partial charge in [0.2, 0.25) is 11.8 Å². The molecule has 29 heavy (non-hydrogen) atoms. The van der Waals surface area contributed by atoms with Gasteiger partial charge in [0.25, 0.3) is 0 Å². The van der Waals surface area contributed by atoms with Crippen molar-refractivity contribution in [3.8, 4) is 0 Å². The molecule has 4 rings (SSSR count). The van der Waals surface area contributed by atoms with Crippen LogP contribution in [0.2, 0.25) is 0 Å². The molecule has 1 aromatic carbocycles. The van der Waals surface area contributed by atoms with Crippen LogP contribution in [0.1, 0.15) is 16.1 Å². The molecule has 1 aliphatic heterocycles. The van der Waals surface area contributed by atoms with Crippen LogP contribution in [-0.2, 0) is 29.0 Å². The topological polar surface area (TPSA) is 65.5 Å². The number of aromatic nitrogens is 1. The Balaban J connectivity index is 1.36. The largest absolute Gasteiger partial charge is 0.373 e. The maximum absolute atomic E-state index is 12.9. The Morgan fingerprint density at radius 1 is 1.10 bits per heavy atom. The fourth-order valence-electron chi connectivity index (χ4n) is 3.35. The number of rotatable bonds is 5. The smallest absolute Gasteiger partial charge is 0.231 e. The zero-order valence-electron chi connectivity index (χ0n) is 16.1. The van der Waals surface area contributed by atoms with E-state index in [1.54, 1.807) is 11.3 Å². The fraction of sp³-hybridized carbons (Fsp3) is 0.286. The van der Waals surface area contributed by atoms with Crippen LogP contribution in [0.15, 0.2) is 47.2 Å². The number of benzene rings is 1. The number of nitrogens with one attached hydrogen (secondary N) is 1. The van der Waals surface area contributed by atoms with E-state index in [-0.39, 0.29) is 18.2 Å². The Kier molecular flexibility index (Phi) is 5.92. The fourth-order valence-corrected chi connectivity index (χ4v) is 4.78. The molecule has 0 saturated heterocycles. The molecule has 2 amide bonds. The highest BCUT2D eigenvalue weighted by Crippen LogP contribution is 2.24. The quantitative estimate of drug-likeness (QED) is 0.679. The van der Waals surface area contributed by atoms with E-state index in [9.17, 15) is 9.59 Å². The maximum Gasteiger partial charge on any atom is 0.231 e. The van der Waals surface area contributed by atoms with Gasteiger partial charge in [0.1, 0.15) is 0 Å². The lowest BCUT2D eigenvalue weighted by Crippen LogP contribution is -2.35. The number of likely N-dealkylation sites (N-methyl/N-ethyl adjacent to an activating group) is 1. The summed E-state index contributed by atoms with van der Waals surface area (Å²) < 4.78 is 0. The summed E-state index contributed by atoms with van der Waals surface area (Å²) in [6.07, 6.45) is 0.579. The first kappa shape index (κ1) is 19.6. The molecule has 6 nitrogen and oxygen atoms in total. The third-order valence-electron chi connectivity index (χ3n) is 4.87. The molecule has 1 N–H and O–H groups in total. The number of hydrogen-bond acceptors (Lipinski definition) is 6. The lowest BCUT2D eigenvalue weighted by atomic mass is 10.1. The molecular formula is C21H22N4O2S2. The number of hydrogen-bond donors (Lipinski definition) is 1. The van der Waals surface area contributed by atoms with E-state index in [0.717, 1.165) is 17.0 Å². The minimum absolute atomic E-state index is 0.0527. The highest BCUT2D eigenvalue weighted by Gasteiger charge is 2.22. The molecule has 8 heteroatoms. The van der Waals surface area contributed by atoms with Gasteiger partial charge in [0, 0.05) is 42.6 Å². The molecule has 1 aliphatic rings. The minimum Gasteiger partial charge on any atom is -0.373 e. The number of thiazole rings is 1. The van der Waals surface area contributed by atoms with Crippen LogP contribution < -0.4 is 10.2 Å². The molecule has 150 valence electrons. The molecule has 0 fully saturated rings. The summed E-state index contributed by atoms with van der Waals surface area (Å²) in [5, 5.41) is 7.16. The van der Waals surface area contributed by atoms with Gasteiger partial charge in [0.15, 0.2) is 5.13 Å². The standard InChI is InChI=1S/C21H22N4O2S2/c1-24-8-9-25(13-15-5-2-3-7-18(15)24)20(27)11-16-14-29-21(22-16)23-19(26)12-17-6-4-10-28-17/h2-7,10,14H,8-9,11-13H2,1H3,(H,22,23,26). The number of carbonyl (C=O) groups excluding carboxylic acids is 2. The van der Waals surface area contributed by atoms with Gasteiger partial charge in [-0.1, -0.05) is 24.3 Å². The zero-order valence-corrected chi connectivity index (χ0v) is 17.8. The van der Waals surface area contributed by atoms with Crippen molar-refractivity contribution in [3.05, 3.63) is 63.3 Å². The predicted molar refractivity (Wildman–Crippen MR) is 118 cm³/mol. The summed E-state index contributed by atoms with van der Waals surface area (Å²) in [5.41, 5.74) is 3.02. The average Bonchev–Trinajstić information content (AvgIpc) is 3.33. The molecule has 0 unspecified atom stereocenters. The first-order valence-corrected chi connectivity index (χ1v) is 11.2. The predicted octanol–water partition coefficient (Wildman–Crippen LogP) is 3.41. The van der Waals surface area contributed by atoms with Crippen LogP contribution in [0.4, 0.5) is 10.8 Å². The summed E-state index contributed by atoms with van der Waals surface area (Å²) in [5.74, 6) is -0.0382. The summed E-state index contributed by atoms with van der Waals surface area (Å²) in [4.78, 5) is 34.5. The van der Waals surface area contributed by atoms with E-state index in [1.165, 1.54) is 17.0 Å². The first-order chi connectivity index (χ1) is 14.1. The van der Waals surface area contributed by atoms with Gasteiger partial charge >= 0.3 is 0 Å². The number of thiophene rings is 1. The molecule has 0 aliphatic carbocycles. The highest BCUT2D eigenvalue weighted by molar-refractivity contribution is 7.14. The van der Waals surface area contributed by atoms with Crippen LogP contribution in [0.25, 0.3) is 0 Å². The van der Waals surface area contributed by atoms with Crippen molar-refractivity contribution in [2.24, 2.45) is 0 Å². The molecule has 0 saturated carbocycles. The van der Waals surface area contributed by atoms with Gasteiger partial charge < -0.3 is 15.1 Å². The maximum atomic E-state index is 12.9. The second-order valence-corrected chi connectivity index (χ2v) is 8.88. The molecule has 0 radical (unpaired) electrons. The molecule has 3 heterocycles. The minimum atomic E-state index is -0.0909. The van der Waals surface area contributed by atoms with Crippen LogP contribution in [0.5, 0.6) is 0 Å². The number of fused-ring (bicyclic) bond motifs is 1. The molecular weight excluding hydrogens is 404 g/mol. The average molecular weight is 427 g/mol. The van der Waals surface area contributed by atoms with Crippen LogP contribution in [0.3, 0.4) is 0 Å². The lowest BCUT2D eigenvalue weighted by molar-refractivity contribution is -0.131. The van der Waals surface area contributed by atoms with Crippen LogP contribution in [-0.4, -0.2) is 41.8 Å². The Morgan fingerprint density at radius 3 is 2.79 bits per heavy atom. The van der Waals surface area contributed by atoms with Crippen molar-refractivity contribution in [1.29, 1.82) is 0 Å². The van der Waals surface area contributed by atoms with Crippen molar-refractivity contribution >= 4 is 45.3 Å². The van der Waals surface area contributed by atoms with Gasteiger partial charge in [-0.3, -0.25) is 9.59 Å². The van der Waals surface area contributed by atoms with E-state index in [2.05, 4.69) is 34.4 Å². The third-order valence-corrected chi connectivity index (χ3v) is 6.55. The van der Waals surface area contributed by atoms with E-state index in [1.807, 2.05) is 39.9 Å². The van der Waals surface area contributed by atoms with E-state index < -0.39 is 0 Å².